The van der Waals surface area contributed by atoms with Gasteiger partial charge in [-0.05, 0) is 41.8 Å². The van der Waals surface area contributed by atoms with Gasteiger partial charge in [0.2, 0.25) is 5.91 Å². The molecule has 8 heteroatoms. The Hall–Kier alpha value is -3.42. The zero-order valence-electron chi connectivity index (χ0n) is 16.6. The van der Waals surface area contributed by atoms with Gasteiger partial charge >= 0.3 is 0 Å². The number of nitrogens with one attached hydrogen (secondary N) is 2. The van der Waals surface area contributed by atoms with Crippen LogP contribution in [0.25, 0.3) is 5.57 Å². The Balaban J connectivity index is 1.82. The normalized spacial score (nSPS) is 16.3. The van der Waals surface area contributed by atoms with Crippen LogP contribution in [-0.2, 0) is 11.2 Å². The summed E-state index contributed by atoms with van der Waals surface area (Å²) in [5.41, 5.74) is 10.5. The van der Waals surface area contributed by atoms with E-state index in [0.717, 1.165) is 22.6 Å². The van der Waals surface area contributed by atoms with Gasteiger partial charge < -0.3 is 21.3 Å². The van der Waals surface area contributed by atoms with Crippen molar-refractivity contribution in [2.24, 2.45) is 10.7 Å². The van der Waals surface area contributed by atoms with Crippen molar-refractivity contribution in [1.29, 1.82) is 0 Å². The average molecular weight is 411 g/mol. The summed E-state index contributed by atoms with van der Waals surface area (Å²) in [6, 6.07) is 8.96. The van der Waals surface area contributed by atoms with Crippen LogP contribution >= 0.6 is 0 Å². The van der Waals surface area contributed by atoms with Gasteiger partial charge in [-0.25, -0.2) is 8.78 Å². The number of allylic oxidation sites excluding steroid dienone is 1. The lowest BCUT2D eigenvalue weighted by atomic mass is 9.96. The number of hydrogen-bond donors (Lipinski definition) is 3. The molecule has 0 aliphatic carbocycles. The SMILES string of the molecule is CN=CC(=CN)c1cc2c(cc1C(F)F)N(c1cccc3c1NCCC(=O)N3)CC2. The number of nitrogens with zero attached hydrogens (tertiary/aromatic N) is 2. The number of aliphatic imine (C=N–C) groups is 1. The second-order valence-corrected chi connectivity index (χ2v) is 7.20. The molecule has 4 rings (SSSR count). The molecule has 0 saturated heterocycles. The number of carbonyl (C=O) groups is 1. The van der Waals surface area contributed by atoms with Gasteiger partial charge in [-0.15, -0.1) is 0 Å². The number of anilines is 4. The molecule has 2 aliphatic rings. The van der Waals surface area contributed by atoms with Gasteiger partial charge in [-0.3, -0.25) is 9.79 Å². The van der Waals surface area contributed by atoms with Crippen molar-refractivity contribution in [3.05, 3.63) is 53.2 Å². The predicted octanol–water partition coefficient (Wildman–Crippen LogP) is 4.07. The smallest absolute Gasteiger partial charge is 0.264 e. The molecular formula is C22H23F2N5O. The van der Waals surface area contributed by atoms with Crippen molar-refractivity contribution in [2.45, 2.75) is 19.3 Å². The van der Waals surface area contributed by atoms with Crippen LogP contribution < -0.4 is 21.3 Å². The average Bonchev–Trinajstić information content (AvgIpc) is 3.04. The minimum Gasteiger partial charge on any atom is -0.404 e. The van der Waals surface area contributed by atoms with Crippen LogP contribution in [0.5, 0.6) is 0 Å². The van der Waals surface area contributed by atoms with E-state index >= 15 is 0 Å². The van der Waals surface area contributed by atoms with E-state index in [0.29, 0.717) is 42.8 Å². The van der Waals surface area contributed by atoms with Gasteiger partial charge in [0.05, 0.1) is 17.1 Å². The summed E-state index contributed by atoms with van der Waals surface area (Å²) in [6.45, 7) is 1.16. The van der Waals surface area contributed by atoms with E-state index in [1.807, 2.05) is 23.1 Å². The summed E-state index contributed by atoms with van der Waals surface area (Å²) in [5, 5.41) is 6.21. The molecule has 0 radical (unpaired) electrons. The Kier molecular flexibility index (Phi) is 5.39. The Morgan fingerprint density at radius 3 is 2.83 bits per heavy atom. The second kappa shape index (κ2) is 8.14. The monoisotopic (exact) mass is 411 g/mol. The van der Waals surface area contributed by atoms with Gasteiger partial charge in [-0.2, -0.15) is 0 Å². The molecule has 2 aliphatic heterocycles. The van der Waals surface area contributed by atoms with Crippen LogP contribution in [0.4, 0.5) is 31.5 Å². The lowest BCUT2D eigenvalue weighted by molar-refractivity contribution is -0.115. The fourth-order valence-corrected chi connectivity index (χ4v) is 4.04. The Labute approximate surface area is 173 Å². The molecular weight excluding hydrogens is 388 g/mol. The van der Waals surface area contributed by atoms with Gasteiger partial charge in [0, 0.05) is 55.8 Å². The summed E-state index contributed by atoms with van der Waals surface area (Å²) < 4.78 is 27.9. The highest BCUT2D eigenvalue weighted by molar-refractivity contribution is 6.10. The Morgan fingerprint density at radius 2 is 2.10 bits per heavy atom. The number of alkyl halides is 2. The van der Waals surface area contributed by atoms with Crippen LogP contribution in [0.2, 0.25) is 0 Å². The van der Waals surface area contributed by atoms with Gasteiger partial charge in [-0.1, -0.05) is 6.07 Å². The third-order valence-electron chi connectivity index (χ3n) is 5.40. The predicted molar refractivity (Wildman–Crippen MR) is 117 cm³/mol. The van der Waals surface area contributed by atoms with Crippen molar-refractivity contribution in [3.8, 4) is 0 Å². The maximum absolute atomic E-state index is 13.9. The number of hydrogen-bond acceptors (Lipinski definition) is 5. The number of benzene rings is 2. The van der Waals surface area contributed by atoms with Crippen LogP contribution in [0.1, 0.15) is 29.5 Å². The van der Waals surface area contributed by atoms with Crippen LogP contribution in [0.3, 0.4) is 0 Å². The van der Waals surface area contributed by atoms with E-state index < -0.39 is 6.43 Å². The number of para-hydroxylation sites is 1. The number of nitrogens with two attached hydrogens (primary N) is 1. The maximum atomic E-state index is 13.9. The molecule has 0 fully saturated rings. The molecule has 0 saturated carbocycles. The molecule has 6 nitrogen and oxygen atoms in total. The first-order valence-corrected chi connectivity index (χ1v) is 9.77. The lowest BCUT2D eigenvalue weighted by Crippen LogP contribution is -2.16. The maximum Gasteiger partial charge on any atom is 0.264 e. The topological polar surface area (TPSA) is 82.8 Å². The molecule has 0 aromatic heterocycles. The van der Waals surface area contributed by atoms with Crippen LogP contribution in [-0.4, -0.2) is 32.3 Å². The summed E-state index contributed by atoms with van der Waals surface area (Å²) in [4.78, 5) is 17.9. The van der Waals surface area contributed by atoms with E-state index in [1.54, 1.807) is 19.2 Å². The Morgan fingerprint density at radius 1 is 1.27 bits per heavy atom. The van der Waals surface area contributed by atoms with Gasteiger partial charge in [0.1, 0.15) is 0 Å². The largest absolute Gasteiger partial charge is 0.404 e. The van der Waals surface area contributed by atoms with E-state index in [4.69, 9.17) is 5.73 Å². The van der Waals surface area contributed by atoms with Crippen molar-refractivity contribution < 1.29 is 13.6 Å². The van der Waals surface area contributed by atoms with E-state index in [2.05, 4.69) is 15.6 Å². The zero-order chi connectivity index (χ0) is 21.3. The molecule has 30 heavy (non-hydrogen) atoms. The minimum atomic E-state index is -2.65. The molecule has 156 valence electrons. The van der Waals surface area contributed by atoms with E-state index in [1.165, 1.54) is 12.4 Å². The first-order chi connectivity index (χ1) is 14.5. The molecule has 0 bridgehead atoms. The summed E-state index contributed by atoms with van der Waals surface area (Å²) >= 11 is 0. The quantitative estimate of drug-likeness (QED) is 0.663. The zero-order valence-corrected chi connectivity index (χ0v) is 16.6. The van der Waals surface area contributed by atoms with Gasteiger partial charge in [0.15, 0.2) is 0 Å². The summed E-state index contributed by atoms with van der Waals surface area (Å²) in [7, 11) is 1.58. The molecule has 0 atom stereocenters. The van der Waals surface area contributed by atoms with Crippen molar-refractivity contribution in [2.75, 3.05) is 35.7 Å². The van der Waals surface area contributed by atoms with Crippen LogP contribution in [0, 0.1) is 0 Å². The number of amides is 1. The fourth-order valence-electron chi connectivity index (χ4n) is 4.04. The molecule has 1 amide bonds. The molecule has 4 N–H and O–H groups in total. The fraction of sp³-hybridized carbons (Fsp3) is 0.273. The van der Waals surface area contributed by atoms with Crippen LogP contribution in [0.15, 0.2) is 41.5 Å². The third kappa shape index (κ3) is 3.49. The molecule has 0 unspecified atom stereocenters. The van der Waals surface area contributed by atoms with E-state index in [9.17, 15) is 13.6 Å². The number of carbonyl (C=O) groups excluding carboxylic acids is 1. The lowest BCUT2D eigenvalue weighted by Gasteiger charge is -2.25. The van der Waals surface area contributed by atoms with Crippen molar-refractivity contribution in [3.63, 3.8) is 0 Å². The molecule has 2 aromatic rings. The van der Waals surface area contributed by atoms with Gasteiger partial charge in [0.25, 0.3) is 6.43 Å². The number of rotatable bonds is 4. The second-order valence-electron chi connectivity index (χ2n) is 7.20. The number of halogens is 2. The third-order valence-corrected chi connectivity index (χ3v) is 5.40. The molecule has 0 spiro atoms. The standard InChI is InChI=1S/C22H23F2N5O/c1-26-12-14(11-25)15-9-13-6-8-29(19(13)10-16(15)22(23)24)18-4-2-3-17-21(18)27-7-5-20(30)28-17/h2-4,9-12,22,27H,5-8,25H2,1H3,(H,28,30). The van der Waals surface area contributed by atoms with Crippen molar-refractivity contribution >= 4 is 40.4 Å². The van der Waals surface area contributed by atoms with E-state index in [-0.39, 0.29) is 11.5 Å². The summed E-state index contributed by atoms with van der Waals surface area (Å²) in [5.74, 6) is -0.0523. The highest BCUT2D eigenvalue weighted by atomic mass is 19.3. The summed E-state index contributed by atoms with van der Waals surface area (Å²) in [6.07, 6.45) is 1.22. The first kappa shape index (κ1) is 19.9. The van der Waals surface area contributed by atoms with Crippen molar-refractivity contribution in [1.82, 2.24) is 0 Å². The minimum absolute atomic E-state index is 0.0523. The molecule has 2 heterocycles. The Bertz CT molecular complexity index is 1050. The highest BCUT2D eigenvalue weighted by Crippen LogP contribution is 2.44. The first-order valence-electron chi connectivity index (χ1n) is 9.77. The molecule has 2 aromatic carbocycles. The number of fused-ring (bicyclic) bond motifs is 2. The highest BCUT2D eigenvalue weighted by Gasteiger charge is 2.28.